The molecule has 6 heavy (non-hydrogen) atoms. The Kier molecular flexibility index (Phi) is 0.469. The van der Waals surface area contributed by atoms with Crippen molar-refractivity contribution in [3.05, 3.63) is 0 Å². The van der Waals surface area contributed by atoms with Gasteiger partial charge in [-0.15, -0.1) is 0 Å². The zero-order valence-corrected chi connectivity index (χ0v) is 3.80. The molecule has 0 saturated heterocycles. The molecule has 0 aliphatic heterocycles. The Bertz CT molecular complexity index is 115. The molecule has 0 atom stereocenters. The van der Waals surface area contributed by atoms with Crippen LogP contribution >= 0.6 is 0 Å². The molecule has 0 fully saturated rings. The summed E-state index contributed by atoms with van der Waals surface area (Å²) in [6.07, 6.45) is 0. The van der Waals surface area contributed by atoms with Crippen LogP contribution in [0.5, 0.6) is 0 Å². The summed E-state index contributed by atoms with van der Waals surface area (Å²) in [5.74, 6) is 0. The van der Waals surface area contributed by atoms with Gasteiger partial charge in [-0.2, -0.15) is 0 Å². The Labute approximate surface area is 35.2 Å². The molecule has 4 nitrogen and oxygen atoms in total. The maximum atomic E-state index is 4.62. The molecule has 1 heterocycles. The summed E-state index contributed by atoms with van der Waals surface area (Å²) < 4.78 is 4.62. The first-order chi connectivity index (χ1) is 2.84. The van der Waals surface area contributed by atoms with Crippen LogP contribution in [0.4, 0.5) is 0 Å². The number of nitrogens with one attached hydrogen (secondary N) is 1. The summed E-state index contributed by atoms with van der Waals surface area (Å²) in [5, 5.41) is 0. The summed E-state index contributed by atoms with van der Waals surface area (Å²) in [6, 6.07) is 0. The summed E-state index contributed by atoms with van der Waals surface area (Å²) in [4.78, 5) is 3.07. The van der Waals surface area contributed by atoms with Gasteiger partial charge in [-0.1, -0.05) is 4.85 Å². The average molecular weight is 89.1 g/mol. The lowest BCUT2D eigenvalue weighted by molar-refractivity contribution is 0.442. The van der Waals surface area contributed by atoms with Gasteiger partial charge in [-0.25, -0.2) is 4.63 Å². The molecule has 0 aromatic carbocycles. The first-order valence-electron chi connectivity index (χ1n) is 1.74. The van der Waals surface area contributed by atoms with Crippen molar-refractivity contribution in [3.8, 4) is 0 Å². The van der Waals surface area contributed by atoms with Gasteiger partial charge in [-0.05, 0) is 0 Å². The van der Waals surface area contributed by atoms with E-state index in [1.54, 1.807) is 18.9 Å². The van der Waals surface area contributed by atoms with E-state index in [-0.39, 0.29) is 0 Å². The monoisotopic (exact) mass is 89.1 g/mol. The van der Waals surface area contributed by atoms with Gasteiger partial charge in [0, 0.05) is 12.0 Å². The predicted molar refractivity (Wildman–Crippen MR) is 21.0 cm³/mol. The van der Waals surface area contributed by atoms with E-state index < -0.39 is 0 Å². The zero-order chi connectivity index (χ0) is 4.57. The van der Waals surface area contributed by atoms with E-state index in [9.17, 15) is 0 Å². The van der Waals surface area contributed by atoms with Crippen molar-refractivity contribution in [3.63, 3.8) is 0 Å². The van der Waals surface area contributed by atoms with Crippen molar-refractivity contribution in [1.29, 1.82) is 0 Å². The molecule has 0 aliphatic rings. The topological polar surface area (TPSA) is 35.0 Å². The highest BCUT2D eigenvalue weighted by Gasteiger charge is 1.96. The van der Waals surface area contributed by atoms with Crippen LogP contribution in [-0.2, 0) is 7.05 Å². The van der Waals surface area contributed by atoms with Crippen molar-refractivity contribution in [1.82, 2.24) is 9.82 Å². The average Bonchev–Trinajstić information content (AvgIpc) is 2.19. The van der Waals surface area contributed by atoms with E-state index in [1.165, 1.54) is 4.96 Å². The fourth-order valence-electron chi connectivity index (χ4n) is 0.277. The normalized spacial score (nSPS) is 9.67. The highest BCUT2D eigenvalue weighted by atomic mass is 16.8. The highest BCUT2D eigenvalue weighted by Crippen LogP contribution is 1.82. The zero-order valence-electron chi connectivity index (χ0n) is 3.80. The summed E-state index contributed by atoms with van der Waals surface area (Å²) in [6.45, 7) is 0. The maximum Gasteiger partial charge on any atom is 0.0703 e. The van der Waals surface area contributed by atoms with Crippen molar-refractivity contribution in [2.45, 2.75) is 0 Å². The second-order valence-electron chi connectivity index (χ2n) is 1.04. The minimum absolute atomic E-state index is 1.50. The molecule has 36 valence electrons. The highest BCUT2D eigenvalue weighted by molar-refractivity contribution is 4.39. The molecule has 1 aromatic rings. The Morgan fingerprint density at radius 2 is 2.17 bits per heavy atom. The molecule has 0 saturated carbocycles. The summed E-state index contributed by atoms with van der Waals surface area (Å²) >= 11 is 0. The van der Waals surface area contributed by atoms with Crippen LogP contribution in [0.2, 0.25) is 0 Å². The summed E-state index contributed by atoms with van der Waals surface area (Å²) in [7, 11) is 3.58. The van der Waals surface area contributed by atoms with Crippen LogP contribution in [0.1, 0.15) is 0 Å². The SMILES string of the molecule is CNn1on1C. The number of hydrogen-bond acceptors (Lipinski definition) is 2. The van der Waals surface area contributed by atoms with Crippen molar-refractivity contribution < 1.29 is 4.63 Å². The number of aryl methyl sites for hydroxylation is 1. The second kappa shape index (κ2) is 0.830. The van der Waals surface area contributed by atoms with Gasteiger partial charge in [0.2, 0.25) is 0 Å². The number of nitrogens with zero attached hydrogens (tertiary/aromatic N) is 2. The quantitative estimate of drug-likeness (QED) is 0.507. The van der Waals surface area contributed by atoms with Crippen LogP contribution in [-0.4, -0.2) is 16.9 Å². The van der Waals surface area contributed by atoms with E-state index in [0.717, 1.165) is 0 Å². The Morgan fingerprint density at radius 3 is 2.17 bits per heavy atom. The molecule has 0 spiro atoms. The van der Waals surface area contributed by atoms with Gasteiger partial charge in [0.15, 0.2) is 0 Å². The Morgan fingerprint density at radius 1 is 1.67 bits per heavy atom. The van der Waals surface area contributed by atoms with Crippen molar-refractivity contribution in [2.75, 3.05) is 12.5 Å². The molecule has 0 radical (unpaired) electrons. The largest absolute Gasteiger partial charge is 0.280 e. The number of aromatic nitrogens is 2. The van der Waals surface area contributed by atoms with E-state index in [4.69, 9.17) is 0 Å². The standard InChI is InChI=1S/C2H7N3O/c1-3-5-4(2)6-5/h3H,1-2H3. The van der Waals surface area contributed by atoms with Gasteiger partial charge in [0.1, 0.15) is 0 Å². The lowest BCUT2D eigenvalue weighted by atomic mass is 11.5. The van der Waals surface area contributed by atoms with Crippen molar-refractivity contribution >= 4 is 0 Å². The minimum Gasteiger partial charge on any atom is -0.280 e. The Balaban J connectivity index is 2.45. The molecule has 4 heteroatoms. The fraction of sp³-hybridized carbons (Fsp3) is 1.00. The molecule has 0 unspecified atom stereocenters. The number of rotatable bonds is 1. The molecule has 0 amide bonds. The fourth-order valence-corrected chi connectivity index (χ4v) is 0.277. The van der Waals surface area contributed by atoms with E-state index in [1.807, 2.05) is 0 Å². The summed E-state index contributed by atoms with van der Waals surface area (Å²) in [5.41, 5.74) is 2.73. The first kappa shape index (κ1) is 3.39. The molecule has 1 rings (SSSR count). The third kappa shape index (κ3) is 0.299. The van der Waals surface area contributed by atoms with Crippen LogP contribution in [0.3, 0.4) is 0 Å². The minimum atomic E-state index is 1.50. The third-order valence-corrected chi connectivity index (χ3v) is 0.618. The molecule has 1 N–H and O–H groups in total. The molecule has 1 aromatic heterocycles. The first-order valence-corrected chi connectivity index (χ1v) is 1.74. The van der Waals surface area contributed by atoms with Crippen LogP contribution in [0.15, 0.2) is 4.63 Å². The maximum absolute atomic E-state index is 4.62. The van der Waals surface area contributed by atoms with Crippen LogP contribution in [0.25, 0.3) is 0 Å². The molecule has 0 aliphatic carbocycles. The molecule has 0 bridgehead atoms. The van der Waals surface area contributed by atoms with Crippen molar-refractivity contribution in [2.24, 2.45) is 7.05 Å². The second-order valence-corrected chi connectivity index (χ2v) is 1.04. The lowest BCUT2D eigenvalue weighted by Crippen LogP contribution is -2.01. The Hall–Kier alpha value is -0.800. The van der Waals surface area contributed by atoms with Gasteiger partial charge < -0.3 is 0 Å². The van der Waals surface area contributed by atoms with E-state index in [0.29, 0.717) is 0 Å². The van der Waals surface area contributed by atoms with Crippen LogP contribution in [0, 0.1) is 0 Å². The van der Waals surface area contributed by atoms with Gasteiger partial charge in [0.25, 0.3) is 0 Å². The third-order valence-electron chi connectivity index (χ3n) is 0.618. The smallest absolute Gasteiger partial charge is 0.0703 e. The van der Waals surface area contributed by atoms with E-state index in [2.05, 4.69) is 10.1 Å². The molecular formula is C2H7N3O. The van der Waals surface area contributed by atoms with E-state index >= 15 is 0 Å². The van der Waals surface area contributed by atoms with Gasteiger partial charge >= 0.3 is 0 Å². The van der Waals surface area contributed by atoms with Crippen LogP contribution < -0.4 is 5.43 Å². The predicted octanol–water partition coefficient (Wildman–Crippen LogP) is -0.407. The number of hydrogen-bond donors (Lipinski definition) is 1. The molecular weight excluding hydrogens is 82.0 g/mol. The van der Waals surface area contributed by atoms with Gasteiger partial charge in [-0.3, -0.25) is 5.43 Å². The van der Waals surface area contributed by atoms with Gasteiger partial charge in [0.05, 0.1) is 7.05 Å². The lowest BCUT2D eigenvalue weighted by Gasteiger charge is -1.75.